The molecule has 0 radical (unpaired) electrons. The quantitative estimate of drug-likeness (QED) is 0.914. The molecule has 2 rings (SSSR count). The highest BCUT2D eigenvalue weighted by Gasteiger charge is 2.05. The van der Waals surface area contributed by atoms with Crippen molar-refractivity contribution in [2.45, 2.75) is 26.4 Å². The van der Waals surface area contributed by atoms with Gasteiger partial charge in [0.15, 0.2) is 0 Å². The van der Waals surface area contributed by atoms with Crippen LogP contribution in [0.15, 0.2) is 45.3 Å². The Morgan fingerprint density at radius 1 is 1.24 bits per heavy atom. The van der Waals surface area contributed by atoms with Crippen molar-refractivity contribution >= 4 is 15.9 Å². The Morgan fingerprint density at radius 2 is 2.06 bits per heavy atom. The standard InChI is InChI=1S/C14H16BrNO/c1-10(2)16-9-13-6-7-14(17-13)11-4-3-5-12(15)8-11/h3-8,10,16H,9H2,1-2H3. The molecule has 1 aromatic heterocycles. The summed E-state index contributed by atoms with van der Waals surface area (Å²) in [5, 5.41) is 3.33. The summed E-state index contributed by atoms with van der Waals surface area (Å²) in [5.74, 6) is 1.88. The fraction of sp³-hybridized carbons (Fsp3) is 0.286. The smallest absolute Gasteiger partial charge is 0.134 e. The Morgan fingerprint density at radius 3 is 2.76 bits per heavy atom. The Hall–Kier alpha value is -1.06. The summed E-state index contributed by atoms with van der Waals surface area (Å²) < 4.78 is 6.85. The summed E-state index contributed by atoms with van der Waals surface area (Å²) in [6.45, 7) is 5.02. The first-order chi connectivity index (χ1) is 8.15. The van der Waals surface area contributed by atoms with Crippen LogP contribution in [0.5, 0.6) is 0 Å². The zero-order valence-electron chi connectivity index (χ0n) is 10.0. The highest BCUT2D eigenvalue weighted by Crippen LogP contribution is 2.24. The molecule has 1 heterocycles. The summed E-state index contributed by atoms with van der Waals surface area (Å²) in [6, 6.07) is 12.6. The van der Waals surface area contributed by atoms with Crippen LogP contribution in [-0.2, 0) is 6.54 Å². The van der Waals surface area contributed by atoms with Crippen LogP contribution in [0.1, 0.15) is 19.6 Å². The minimum atomic E-state index is 0.467. The van der Waals surface area contributed by atoms with Gasteiger partial charge in [-0.15, -0.1) is 0 Å². The maximum atomic E-state index is 5.79. The number of halogens is 1. The molecular formula is C14H16BrNO. The molecule has 1 N–H and O–H groups in total. The fourth-order valence-electron chi connectivity index (χ4n) is 1.57. The minimum Gasteiger partial charge on any atom is -0.460 e. The zero-order valence-corrected chi connectivity index (χ0v) is 11.6. The molecule has 0 aliphatic carbocycles. The van der Waals surface area contributed by atoms with Crippen LogP contribution in [-0.4, -0.2) is 6.04 Å². The van der Waals surface area contributed by atoms with Crippen LogP contribution >= 0.6 is 15.9 Å². The van der Waals surface area contributed by atoms with E-state index < -0.39 is 0 Å². The average Bonchev–Trinajstić information content (AvgIpc) is 2.75. The molecule has 3 heteroatoms. The van der Waals surface area contributed by atoms with E-state index in [1.165, 1.54) is 0 Å². The fourth-order valence-corrected chi connectivity index (χ4v) is 1.97. The highest BCUT2D eigenvalue weighted by molar-refractivity contribution is 9.10. The maximum absolute atomic E-state index is 5.79. The van der Waals surface area contributed by atoms with Gasteiger partial charge in [-0.1, -0.05) is 41.9 Å². The first-order valence-corrected chi connectivity index (χ1v) is 6.52. The summed E-state index contributed by atoms with van der Waals surface area (Å²) >= 11 is 3.46. The first kappa shape index (κ1) is 12.4. The van der Waals surface area contributed by atoms with Gasteiger partial charge in [-0.25, -0.2) is 0 Å². The van der Waals surface area contributed by atoms with Gasteiger partial charge in [-0.05, 0) is 24.3 Å². The molecule has 0 atom stereocenters. The molecule has 0 aliphatic rings. The van der Waals surface area contributed by atoms with Gasteiger partial charge in [0.05, 0.1) is 6.54 Å². The van der Waals surface area contributed by atoms with Crippen LogP contribution in [0.25, 0.3) is 11.3 Å². The lowest BCUT2D eigenvalue weighted by Gasteiger charge is -2.05. The minimum absolute atomic E-state index is 0.467. The van der Waals surface area contributed by atoms with Crippen molar-refractivity contribution in [3.63, 3.8) is 0 Å². The topological polar surface area (TPSA) is 25.2 Å². The zero-order chi connectivity index (χ0) is 12.3. The van der Waals surface area contributed by atoms with Gasteiger partial charge in [0.25, 0.3) is 0 Å². The van der Waals surface area contributed by atoms with Crippen LogP contribution in [0, 0.1) is 0 Å². The van der Waals surface area contributed by atoms with E-state index in [0.717, 1.165) is 28.1 Å². The van der Waals surface area contributed by atoms with Gasteiger partial charge in [0.1, 0.15) is 11.5 Å². The Balaban J connectivity index is 2.12. The van der Waals surface area contributed by atoms with E-state index in [9.17, 15) is 0 Å². The third kappa shape index (κ3) is 3.45. The molecule has 0 fully saturated rings. The van der Waals surface area contributed by atoms with E-state index in [2.05, 4.69) is 41.2 Å². The third-order valence-electron chi connectivity index (χ3n) is 2.46. The van der Waals surface area contributed by atoms with E-state index in [-0.39, 0.29) is 0 Å². The molecule has 1 aromatic carbocycles. The SMILES string of the molecule is CC(C)NCc1ccc(-c2cccc(Br)c2)o1. The lowest BCUT2D eigenvalue weighted by atomic mass is 10.2. The number of rotatable bonds is 4. The molecule has 0 unspecified atom stereocenters. The number of hydrogen-bond donors (Lipinski definition) is 1. The van der Waals surface area contributed by atoms with Crippen molar-refractivity contribution in [2.24, 2.45) is 0 Å². The number of nitrogens with one attached hydrogen (secondary N) is 1. The predicted octanol–water partition coefficient (Wildman–Crippen LogP) is 4.21. The van der Waals surface area contributed by atoms with Crippen LogP contribution in [0.3, 0.4) is 0 Å². The van der Waals surface area contributed by atoms with Crippen LogP contribution in [0.2, 0.25) is 0 Å². The molecule has 2 aromatic rings. The third-order valence-corrected chi connectivity index (χ3v) is 2.95. The van der Waals surface area contributed by atoms with Crippen molar-refractivity contribution < 1.29 is 4.42 Å². The second-order valence-electron chi connectivity index (χ2n) is 4.31. The van der Waals surface area contributed by atoms with E-state index >= 15 is 0 Å². The van der Waals surface area contributed by atoms with Gasteiger partial charge in [-0.3, -0.25) is 0 Å². The molecule has 0 amide bonds. The number of hydrogen-bond acceptors (Lipinski definition) is 2. The second-order valence-corrected chi connectivity index (χ2v) is 5.23. The molecule has 0 spiro atoms. The summed E-state index contributed by atoms with van der Waals surface area (Å²) in [6.07, 6.45) is 0. The van der Waals surface area contributed by atoms with E-state index in [1.807, 2.05) is 30.3 Å². The van der Waals surface area contributed by atoms with E-state index in [0.29, 0.717) is 6.04 Å². The summed E-state index contributed by atoms with van der Waals surface area (Å²) in [7, 11) is 0. The normalized spacial score (nSPS) is 11.1. The maximum Gasteiger partial charge on any atom is 0.134 e. The molecule has 2 nitrogen and oxygen atoms in total. The van der Waals surface area contributed by atoms with Crippen LogP contribution < -0.4 is 5.32 Å². The van der Waals surface area contributed by atoms with Crippen molar-refractivity contribution in [1.29, 1.82) is 0 Å². The van der Waals surface area contributed by atoms with Gasteiger partial charge >= 0.3 is 0 Å². The Bertz CT molecular complexity index is 490. The van der Waals surface area contributed by atoms with Gasteiger partial charge in [-0.2, -0.15) is 0 Å². The number of furan rings is 1. The highest BCUT2D eigenvalue weighted by atomic mass is 79.9. The molecule has 0 saturated carbocycles. The van der Waals surface area contributed by atoms with Crippen molar-refractivity contribution in [2.75, 3.05) is 0 Å². The molecule has 0 aliphatic heterocycles. The number of benzene rings is 1. The second kappa shape index (κ2) is 5.52. The summed E-state index contributed by atoms with van der Waals surface area (Å²) in [5.41, 5.74) is 1.09. The van der Waals surface area contributed by atoms with E-state index in [1.54, 1.807) is 0 Å². The van der Waals surface area contributed by atoms with Crippen LogP contribution in [0.4, 0.5) is 0 Å². The lowest BCUT2D eigenvalue weighted by molar-refractivity contribution is 0.473. The Kier molecular flexibility index (Phi) is 4.02. The first-order valence-electron chi connectivity index (χ1n) is 5.73. The predicted molar refractivity (Wildman–Crippen MR) is 73.8 cm³/mol. The van der Waals surface area contributed by atoms with E-state index in [4.69, 9.17) is 4.42 Å². The molecule has 90 valence electrons. The Labute approximate surface area is 110 Å². The molecule has 0 saturated heterocycles. The van der Waals surface area contributed by atoms with Crippen molar-refractivity contribution in [3.8, 4) is 11.3 Å². The van der Waals surface area contributed by atoms with Gasteiger partial charge in [0.2, 0.25) is 0 Å². The van der Waals surface area contributed by atoms with Crippen molar-refractivity contribution in [3.05, 3.63) is 46.6 Å². The van der Waals surface area contributed by atoms with Gasteiger partial charge < -0.3 is 9.73 Å². The lowest BCUT2D eigenvalue weighted by Crippen LogP contribution is -2.21. The molecule has 17 heavy (non-hydrogen) atoms. The van der Waals surface area contributed by atoms with Gasteiger partial charge in [0, 0.05) is 16.1 Å². The molecule has 0 bridgehead atoms. The summed E-state index contributed by atoms with van der Waals surface area (Å²) in [4.78, 5) is 0. The molecular weight excluding hydrogens is 278 g/mol. The van der Waals surface area contributed by atoms with Crippen molar-refractivity contribution in [1.82, 2.24) is 5.32 Å². The monoisotopic (exact) mass is 293 g/mol. The largest absolute Gasteiger partial charge is 0.460 e. The average molecular weight is 294 g/mol.